The Kier molecular flexibility index (Phi) is 4.35. The molecule has 1 N–H and O–H groups in total. The van der Waals surface area contributed by atoms with Crippen LogP contribution in [-0.4, -0.2) is 32.8 Å². The van der Waals surface area contributed by atoms with Crippen molar-refractivity contribution in [1.29, 1.82) is 0 Å². The molecular formula is C19H19N5O2. The number of amides is 1. The number of nitrogens with zero attached hydrogens (tertiary/aromatic N) is 4. The number of hydrogen-bond acceptors (Lipinski definition) is 5. The average molecular weight is 349 g/mol. The molecule has 3 heterocycles. The van der Waals surface area contributed by atoms with E-state index in [-0.39, 0.29) is 11.9 Å². The van der Waals surface area contributed by atoms with Crippen LogP contribution in [-0.2, 0) is 11.2 Å². The summed E-state index contributed by atoms with van der Waals surface area (Å²) in [6.45, 7) is 0. The Balaban J connectivity index is 1.72. The highest BCUT2D eigenvalue weighted by atomic mass is 16.5. The van der Waals surface area contributed by atoms with Gasteiger partial charge in [0.15, 0.2) is 11.6 Å². The van der Waals surface area contributed by atoms with E-state index in [9.17, 15) is 4.79 Å². The molecule has 4 rings (SSSR count). The molecular weight excluding hydrogens is 330 g/mol. The fraction of sp³-hybridized carbons (Fsp3) is 0.263. The second-order valence-electron chi connectivity index (χ2n) is 6.16. The number of aromatic nitrogens is 4. The van der Waals surface area contributed by atoms with E-state index in [2.05, 4.69) is 15.4 Å². The minimum Gasteiger partial charge on any atom is -0.496 e. The lowest BCUT2D eigenvalue weighted by molar-refractivity contribution is -0.119. The first kappa shape index (κ1) is 16.3. The summed E-state index contributed by atoms with van der Waals surface area (Å²) in [7, 11) is 1.65. The highest BCUT2D eigenvalue weighted by Crippen LogP contribution is 2.26. The molecule has 1 amide bonds. The van der Waals surface area contributed by atoms with E-state index in [0.717, 1.165) is 22.8 Å². The Bertz CT molecular complexity index is 923. The average Bonchev–Trinajstić information content (AvgIpc) is 3.29. The number of benzene rings is 1. The largest absolute Gasteiger partial charge is 0.496 e. The quantitative estimate of drug-likeness (QED) is 0.764. The summed E-state index contributed by atoms with van der Waals surface area (Å²) in [4.78, 5) is 20.6. The number of carbonyl (C=O) groups is 1. The summed E-state index contributed by atoms with van der Waals surface area (Å²) < 4.78 is 7.20. The molecule has 1 unspecified atom stereocenters. The molecule has 3 aromatic rings. The van der Waals surface area contributed by atoms with Crippen LogP contribution in [0, 0.1) is 0 Å². The van der Waals surface area contributed by atoms with Crippen LogP contribution in [0.5, 0.6) is 5.75 Å². The zero-order valence-corrected chi connectivity index (χ0v) is 14.4. The van der Waals surface area contributed by atoms with Crippen molar-refractivity contribution in [3.05, 3.63) is 66.0 Å². The first-order chi connectivity index (χ1) is 12.7. The Labute approximate surface area is 151 Å². The molecule has 132 valence electrons. The maximum absolute atomic E-state index is 11.7. The number of rotatable bonds is 5. The molecule has 0 aliphatic carbocycles. The molecule has 2 aromatic heterocycles. The summed E-state index contributed by atoms with van der Waals surface area (Å²) in [5, 5.41) is 7.65. The first-order valence-corrected chi connectivity index (χ1v) is 8.52. The third-order valence-corrected chi connectivity index (χ3v) is 4.41. The lowest BCUT2D eigenvalue weighted by Gasteiger charge is -2.10. The molecule has 1 saturated heterocycles. The Hall–Kier alpha value is -3.22. The highest BCUT2D eigenvalue weighted by molar-refractivity contribution is 5.78. The second-order valence-corrected chi connectivity index (χ2v) is 6.16. The third-order valence-electron chi connectivity index (χ3n) is 4.41. The summed E-state index contributed by atoms with van der Waals surface area (Å²) >= 11 is 0. The van der Waals surface area contributed by atoms with E-state index in [1.807, 2.05) is 36.4 Å². The predicted octanol–water partition coefficient (Wildman–Crippen LogP) is 2.21. The number of para-hydroxylation sites is 1. The topological polar surface area (TPSA) is 81.9 Å². The van der Waals surface area contributed by atoms with Crippen molar-refractivity contribution < 1.29 is 9.53 Å². The van der Waals surface area contributed by atoms with Gasteiger partial charge in [-0.05, 0) is 24.6 Å². The fourth-order valence-electron chi connectivity index (χ4n) is 3.17. The van der Waals surface area contributed by atoms with Gasteiger partial charge in [0.25, 0.3) is 0 Å². The van der Waals surface area contributed by atoms with Gasteiger partial charge in [-0.15, -0.1) is 0 Å². The first-order valence-electron chi connectivity index (χ1n) is 8.52. The summed E-state index contributed by atoms with van der Waals surface area (Å²) in [5.74, 6) is 2.26. The number of ether oxygens (including phenoxy) is 1. The number of methoxy groups -OCH3 is 1. The molecule has 0 radical (unpaired) electrons. The van der Waals surface area contributed by atoms with Gasteiger partial charge < -0.3 is 10.1 Å². The van der Waals surface area contributed by atoms with Crippen molar-refractivity contribution in [3.8, 4) is 11.4 Å². The molecule has 7 heteroatoms. The van der Waals surface area contributed by atoms with Gasteiger partial charge in [0.1, 0.15) is 5.75 Å². The van der Waals surface area contributed by atoms with Crippen LogP contribution < -0.4 is 10.1 Å². The van der Waals surface area contributed by atoms with Gasteiger partial charge in [0.05, 0.1) is 25.0 Å². The zero-order valence-electron chi connectivity index (χ0n) is 14.4. The number of hydrogen-bond donors (Lipinski definition) is 1. The van der Waals surface area contributed by atoms with E-state index in [4.69, 9.17) is 9.72 Å². The van der Waals surface area contributed by atoms with Crippen LogP contribution in [0.25, 0.3) is 5.69 Å². The van der Waals surface area contributed by atoms with Crippen molar-refractivity contribution in [1.82, 2.24) is 25.1 Å². The summed E-state index contributed by atoms with van der Waals surface area (Å²) in [6, 6.07) is 11.5. The molecule has 0 bridgehead atoms. The fourth-order valence-corrected chi connectivity index (χ4v) is 3.17. The number of pyridine rings is 1. The van der Waals surface area contributed by atoms with E-state index in [1.165, 1.54) is 0 Å². The Morgan fingerprint density at radius 3 is 2.88 bits per heavy atom. The Morgan fingerprint density at radius 1 is 1.27 bits per heavy atom. The van der Waals surface area contributed by atoms with Crippen molar-refractivity contribution >= 4 is 5.91 Å². The van der Waals surface area contributed by atoms with E-state index in [1.54, 1.807) is 24.2 Å². The molecule has 26 heavy (non-hydrogen) atoms. The van der Waals surface area contributed by atoms with Crippen LogP contribution in [0.3, 0.4) is 0 Å². The summed E-state index contributed by atoms with van der Waals surface area (Å²) in [5.41, 5.74) is 1.84. The van der Waals surface area contributed by atoms with E-state index >= 15 is 0 Å². The van der Waals surface area contributed by atoms with Gasteiger partial charge in [-0.1, -0.05) is 18.2 Å². The maximum Gasteiger partial charge on any atom is 0.220 e. The molecule has 1 aliphatic rings. The monoisotopic (exact) mass is 349 g/mol. The second kappa shape index (κ2) is 6.95. The van der Waals surface area contributed by atoms with Crippen molar-refractivity contribution in [2.75, 3.05) is 7.11 Å². The lowest BCUT2D eigenvalue weighted by Crippen LogP contribution is -2.21. The molecule has 0 spiro atoms. The van der Waals surface area contributed by atoms with Gasteiger partial charge in [0.2, 0.25) is 5.91 Å². The minimum atomic E-state index is -0.137. The molecule has 1 aromatic carbocycles. The third kappa shape index (κ3) is 3.15. The SMILES string of the molecule is COc1ccccc1Cc1nc(C2CCC(=O)N2)n(-c2cccnc2)n1. The normalized spacial score (nSPS) is 16.5. The van der Waals surface area contributed by atoms with Crippen LogP contribution in [0.2, 0.25) is 0 Å². The van der Waals surface area contributed by atoms with Crippen LogP contribution in [0.15, 0.2) is 48.8 Å². The molecule has 1 aliphatic heterocycles. The van der Waals surface area contributed by atoms with E-state index in [0.29, 0.717) is 25.1 Å². The van der Waals surface area contributed by atoms with Crippen LogP contribution in [0.4, 0.5) is 0 Å². The van der Waals surface area contributed by atoms with Gasteiger partial charge in [-0.2, -0.15) is 5.10 Å². The van der Waals surface area contributed by atoms with Crippen LogP contribution in [0.1, 0.15) is 36.1 Å². The summed E-state index contributed by atoms with van der Waals surface area (Å²) in [6.07, 6.45) is 5.22. The van der Waals surface area contributed by atoms with Crippen LogP contribution >= 0.6 is 0 Å². The molecule has 0 saturated carbocycles. The standard InChI is InChI=1S/C19H19N5O2/c1-26-16-7-3-2-5-13(16)11-17-22-19(15-8-9-18(25)21-15)24(23-17)14-6-4-10-20-12-14/h2-7,10,12,15H,8-9,11H2,1H3,(H,21,25). The lowest BCUT2D eigenvalue weighted by atomic mass is 10.1. The number of nitrogens with one attached hydrogen (secondary N) is 1. The van der Waals surface area contributed by atoms with Gasteiger partial charge >= 0.3 is 0 Å². The molecule has 7 nitrogen and oxygen atoms in total. The van der Waals surface area contributed by atoms with Gasteiger partial charge in [0, 0.05) is 24.6 Å². The van der Waals surface area contributed by atoms with Crippen molar-refractivity contribution in [2.45, 2.75) is 25.3 Å². The van der Waals surface area contributed by atoms with Gasteiger partial charge in [-0.3, -0.25) is 9.78 Å². The van der Waals surface area contributed by atoms with Crippen molar-refractivity contribution in [3.63, 3.8) is 0 Å². The Morgan fingerprint density at radius 2 is 2.15 bits per heavy atom. The molecule has 1 fully saturated rings. The predicted molar refractivity (Wildman–Crippen MR) is 95.1 cm³/mol. The minimum absolute atomic E-state index is 0.0435. The van der Waals surface area contributed by atoms with E-state index < -0.39 is 0 Å². The zero-order chi connectivity index (χ0) is 17.9. The maximum atomic E-state index is 11.7. The highest BCUT2D eigenvalue weighted by Gasteiger charge is 2.28. The van der Waals surface area contributed by atoms with Crippen molar-refractivity contribution in [2.24, 2.45) is 0 Å². The number of carbonyl (C=O) groups excluding carboxylic acids is 1. The van der Waals surface area contributed by atoms with Gasteiger partial charge in [-0.25, -0.2) is 9.67 Å². The smallest absolute Gasteiger partial charge is 0.220 e. The molecule has 1 atom stereocenters.